The number of anilines is 2. The second-order valence-corrected chi connectivity index (χ2v) is 9.30. The first-order valence-corrected chi connectivity index (χ1v) is 12.2. The summed E-state index contributed by atoms with van der Waals surface area (Å²) in [6.45, 7) is 10.7. The molecule has 0 aliphatic rings. The Balaban J connectivity index is 1.76. The zero-order chi connectivity index (χ0) is 23.3. The van der Waals surface area contributed by atoms with Crippen LogP contribution >= 0.6 is 23.4 Å². The fraction of sp³-hybridized carbons (Fsp3) is 0.375. The number of amides is 1. The van der Waals surface area contributed by atoms with E-state index in [2.05, 4.69) is 29.0 Å². The molecule has 1 amide bonds. The van der Waals surface area contributed by atoms with Gasteiger partial charge in [-0.25, -0.2) is 4.98 Å². The van der Waals surface area contributed by atoms with Crippen molar-refractivity contribution in [1.29, 1.82) is 0 Å². The summed E-state index contributed by atoms with van der Waals surface area (Å²) >= 11 is 7.35. The van der Waals surface area contributed by atoms with E-state index >= 15 is 0 Å². The number of carbonyl (C=O) groups is 1. The Labute approximate surface area is 198 Å². The van der Waals surface area contributed by atoms with E-state index in [9.17, 15) is 9.59 Å². The maximum absolute atomic E-state index is 13.0. The van der Waals surface area contributed by atoms with Crippen molar-refractivity contribution >= 4 is 51.5 Å². The molecule has 0 saturated heterocycles. The van der Waals surface area contributed by atoms with E-state index in [1.807, 2.05) is 38.1 Å². The summed E-state index contributed by atoms with van der Waals surface area (Å²) < 4.78 is 1.65. The van der Waals surface area contributed by atoms with Gasteiger partial charge in [0.15, 0.2) is 5.16 Å². The number of benzene rings is 2. The van der Waals surface area contributed by atoms with Crippen LogP contribution in [0, 0.1) is 5.92 Å². The van der Waals surface area contributed by atoms with Crippen LogP contribution in [0.15, 0.2) is 52.4 Å². The van der Waals surface area contributed by atoms with Gasteiger partial charge in [0, 0.05) is 36.0 Å². The fourth-order valence-electron chi connectivity index (χ4n) is 3.48. The minimum Gasteiger partial charge on any atom is -0.372 e. The van der Waals surface area contributed by atoms with E-state index in [1.54, 1.807) is 22.8 Å². The third-order valence-electron chi connectivity index (χ3n) is 5.04. The largest absolute Gasteiger partial charge is 0.372 e. The molecule has 1 N–H and O–H groups in total. The topological polar surface area (TPSA) is 67.2 Å². The monoisotopic (exact) mass is 472 g/mol. The minimum absolute atomic E-state index is 0.115. The van der Waals surface area contributed by atoms with Crippen LogP contribution in [0.5, 0.6) is 0 Å². The molecule has 0 spiro atoms. The van der Waals surface area contributed by atoms with Gasteiger partial charge < -0.3 is 10.2 Å². The number of nitrogens with one attached hydrogen (secondary N) is 1. The Morgan fingerprint density at radius 2 is 1.84 bits per heavy atom. The zero-order valence-electron chi connectivity index (χ0n) is 18.9. The summed E-state index contributed by atoms with van der Waals surface area (Å²) in [5.41, 5.74) is 2.29. The lowest BCUT2D eigenvalue weighted by molar-refractivity contribution is -0.113. The van der Waals surface area contributed by atoms with Crippen molar-refractivity contribution in [2.24, 2.45) is 5.92 Å². The van der Waals surface area contributed by atoms with Crippen molar-refractivity contribution in [1.82, 2.24) is 9.55 Å². The molecule has 8 heteroatoms. The summed E-state index contributed by atoms with van der Waals surface area (Å²) in [6.07, 6.45) is 0. The molecular formula is C24H29ClN4O2S. The normalized spacial score (nSPS) is 11.2. The van der Waals surface area contributed by atoms with Crippen molar-refractivity contribution in [3.63, 3.8) is 0 Å². The number of rotatable bonds is 9. The lowest BCUT2D eigenvalue weighted by Gasteiger charge is -2.21. The fourth-order valence-corrected chi connectivity index (χ4v) is 4.46. The summed E-state index contributed by atoms with van der Waals surface area (Å²) in [7, 11) is 0. The Kier molecular flexibility index (Phi) is 8.21. The summed E-state index contributed by atoms with van der Waals surface area (Å²) in [4.78, 5) is 32.5. The van der Waals surface area contributed by atoms with Crippen LogP contribution < -0.4 is 15.8 Å². The number of halogens is 1. The van der Waals surface area contributed by atoms with E-state index in [-0.39, 0.29) is 23.1 Å². The molecule has 0 bridgehead atoms. The van der Waals surface area contributed by atoms with Crippen molar-refractivity contribution in [3.05, 3.63) is 57.8 Å². The van der Waals surface area contributed by atoms with Gasteiger partial charge in [-0.2, -0.15) is 0 Å². The summed E-state index contributed by atoms with van der Waals surface area (Å²) in [5, 5.41) is 4.49. The van der Waals surface area contributed by atoms with Crippen molar-refractivity contribution < 1.29 is 4.79 Å². The predicted molar refractivity (Wildman–Crippen MR) is 135 cm³/mol. The Hall–Kier alpha value is -2.51. The maximum atomic E-state index is 13.0. The lowest BCUT2D eigenvalue weighted by atomic mass is 10.2. The smallest absolute Gasteiger partial charge is 0.262 e. The zero-order valence-corrected chi connectivity index (χ0v) is 20.5. The third kappa shape index (κ3) is 5.84. The van der Waals surface area contributed by atoms with Crippen LogP contribution in [-0.2, 0) is 11.3 Å². The van der Waals surface area contributed by atoms with E-state index in [4.69, 9.17) is 11.6 Å². The molecule has 0 atom stereocenters. The second-order valence-electron chi connectivity index (χ2n) is 7.92. The molecule has 3 rings (SSSR count). The molecule has 0 aliphatic carbocycles. The number of hydrogen-bond acceptors (Lipinski definition) is 5. The van der Waals surface area contributed by atoms with E-state index in [0.717, 1.165) is 24.5 Å². The highest BCUT2D eigenvalue weighted by Gasteiger charge is 2.15. The second kappa shape index (κ2) is 10.9. The summed E-state index contributed by atoms with van der Waals surface area (Å²) in [6, 6.07) is 12.9. The quantitative estimate of drug-likeness (QED) is 0.339. The molecule has 170 valence electrons. The molecule has 0 unspecified atom stereocenters. The number of carbonyl (C=O) groups excluding carboxylic acids is 1. The highest BCUT2D eigenvalue weighted by molar-refractivity contribution is 7.99. The molecule has 2 aromatic carbocycles. The highest BCUT2D eigenvalue weighted by atomic mass is 35.5. The van der Waals surface area contributed by atoms with Gasteiger partial charge in [-0.3, -0.25) is 14.2 Å². The van der Waals surface area contributed by atoms with Crippen molar-refractivity contribution in [2.75, 3.05) is 29.1 Å². The van der Waals surface area contributed by atoms with Crippen LogP contribution in [0.25, 0.3) is 10.9 Å². The average molecular weight is 473 g/mol. The van der Waals surface area contributed by atoms with E-state index < -0.39 is 0 Å². The van der Waals surface area contributed by atoms with E-state index in [1.165, 1.54) is 11.8 Å². The molecule has 1 aromatic heterocycles. The van der Waals surface area contributed by atoms with Crippen LogP contribution in [0.4, 0.5) is 11.4 Å². The molecule has 1 heterocycles. The van der Waals surface area contributed by atoms with Gasteiger partial charge in [0.05, 0.1) is 16.7 Å². The van der Waals surface area contributed by atoms with Gasteiger partial charge in [-0.1, -0.05) is 37.2 Å². The molecule has 0 saturated carbocycles. The summed E-state index contributed by atoms with van der Waals surface area (Å²) in [5.74, 6) is 0.257. The predicted octanol–water partition coefficient (Wildman–Crippen LogP) is 5.28. The molecule has 6 nitrogen and oxygen atoms in total. The van der Waals surface area contributed by atoms with E-state index in [0.29, 0.717) is 27.6 Å². The molecule has 0 radical (unpaired) electrons. The van der Waals surface area contributed by atoms with Gasteiger partial charge in [0.2, 0.25) is 5.91 Å². The van der Waals surface area contributed by atoms with Crippen LogP contribution in [-0.4, -0.2) is 34.3 Å². The number of nitrogens with zero attached hydrogens (tertiary/aromatic N) is 3. The van der Waals surface area contributed by atoms with Crippen LogP contribution in [0.1, 0.15) is 27.7 Å². The SMILES string of the molecule is CCN(CC)c1ccc(NC(=O)CSc2nc3cc(Cl)ccc3c(=O)n2CC(C)C)cc1. The van der Waals surface area contributed by atoms with Crippen molar-refractivity contribution in [3.8, 4) is 0 Å². The van der Waals surface area contributed by atoms with Crippen molar-refractivity contribution in [2.45, 2.75) is 39.4 Å². The van der Waals surface area contributed by atoms with Gasteiger partial charge >= 0.3 is 0 Å². The molecule has 32 heavy (non-hydrogen) atoms. The first kappa shape index (κ1) is 24.1. The Morgan fingerprint density at radius 1 is 1.16 bits per heavy atom. The minimum atomic E-state index is -0.151. The lowest BCUT2D eigenvalue weighted by Crippen LogP contribution is -2.26. The molecule has 0 fully saturated rings. The maximum Gasteiger partial charge on any atom is 0.262 e. The van der Waals surface area contributed by atoms with Gasteiger partial charge in [0.1, 0.15) is 0 Å². The first-order chi connectivity index (χ1) is 15.3. The Bertz CT molecular complexity index is 1140. The standard InChI is InChI=1S/C24H29ClN4O2S/c1-5-28(6-2)19-10-8-18(9-11-19)26-22(30)15-32-24-27-21-13-17(25)7-12-20(21)23(31)29(24)14-16(3)4/h7-13,16H,5-6,14-15H2,1-4H3,(H,26,30). The molecular weight excluding hydrogens is 444 g/mol. The van der Waals surface area contributed by atoms with Gasteiger partial charge in [-0.05, 0) is 62.2 Å². The first-order valence-electron chi connectivity index (χ1n) is 10.8. The van der Waals surface area contributed by atoms with Gasteiger partial charge in [0.25, 0.3) is 5.56 Å². The molecule has 3 aromatic rings. The van der Waals surface area contributed by atoms with Gasteiger partial charge in [-0.15, -0.1) is 0 Å². The number of aromatic nitrogens is 2. The molecule has 0 aliphatic heterocycles. The highest BCUT2D eigenvalue weighted by Crippen LogP contribution is 2.22. The number of fused-ring (bicyclic) bond motifs is 1. The third-order valence-corrected chi connectivity index (χ3v) is 6.25. The van der Waals surface area contributed by atoms with Crippen LogP contribution in [0.2, 0.25) is 5.02 Å². The average Bonchev–Trinajstić information content (AvgIpc) is 2.76. The number of thioether (sulfide) groups is 1. The Morgan fingerprint density at radius 3 is 2.47 bits per heavy atom. The number of hydrogen-bond donors (Lipinski definition) is 1. The van der Waals surface area contributed by atoms with Crippen LogP contribution in [0.3, 0.4) is 0 Å².